The van der Waals surface area contributed by atoms with E-state index >= 15 is 0 Å². The van der Waals surface area contributed by atoms with Crippen LogP contribution in [-0.4, -0.2) is 44.2 Å². The van der Waals surface area contributed by atoms with Gasteiger partial charge in [-0.15, -0.1) is 0 Å². The first-order valence-corrected chi connectivity index (χ1v) is 14.0. The summed E-state index contributed by atoms with van der Waals surface area (Å²) in [5.41, 5.74) is -1.46. The third-order valence-electron chi connectivity index (χ3n) is 13.4. The van der Waals surface area contributed by atoms with Crippen molar-refractivity contribution in [1.82, 2.24) is 0 Å². The largest absolute Gasteiger partial charge is 0.481 e. The van der Waals surface area contributed by atoms with E-state index in [0.717, 1.165) is 32.1 Å². The summed E-state index contributed by atoms with van der Waals surface area (Å²) in [4.78, 5) is 12.8. The zero-order chi connectivity index (χ0) is 26.0. The summed E-state index contributed by atoms with van der Waals surface area (Å²) in [5, 5.41) is 44.3. The molecule has 0 aromatic rings. The number of rotatable bonds is 1. The molecule has 35 heavy (non-hydrogen) atoms. The number of hydrogen-bond donors (Lipinski definition) is 4. The van der Waals surface area contributed by atoms with Gasteiger partial charge in [-0.3, -0.25) is 4.79 Å². The summed E-state index contributed by atoms with van der Waals surface area (Å²) in [7, 11) is 0. The molecule has 0 aromatic heterocycles. The maximum absolute atomic E-state index is 12.8. The van der Waals surface area contributed by atoms with E-state index in [-0.39, 0.29) is 33.5 Å². The van der Waals surface area contributed by atoms with Crippen molar-refractivity contribution < 1.29 is 25.2 Å². The molecule has 4 N–H and O–H groups in total. The molecule has 198 valence electrons. The van der Waals surface area contributed by atoms with E-state index in [0.29, 0.717) is 31.1 Å². The highest BCUT2D eigenvalue weighted by Crippen LogP contribution is 2.76. The third kappa shape index (κ3) is 2.90. The average molecular weight is 489 g/mol. The van der Waals surface area contributed by atoms with Gasteiger partial charge in [0.15, 0.2) is 0 Å². The second kappa shape index (κ2) is 7.35. The van der Waals surface area contributed by atoms with Gasteiger partial charge in [0.2, 0.25) is 0 Å². The highest BCUT2D eigenvalue weighted by molar-refractivity contribution is 5.77. The molecule has 0 aromatic carbocycles. The molecule has 4 saturated carbocycles. The Morgan fingerprint density at radius 3 is 2.23 bits per heavy atom. The maximum Gasteiger partial charge on any atom is 0.310 e. The van der Waals surface area contributed by atoms with E-state index in [1.807, 2.05) is 6.92 Å². The fraction of sp³-hybridized carbons (Fsp3) is 0.900. The number of aliphatic hydroxyl groups excluding tert-OH is 2. The molecule has 5 nitrogen and oxygen atoms in total. The normalized spacial score (nSPS) is 57.1. The molecule has 0 bridgehead atoms. The number of carbonyl (C=O) groups is 1. The molecule has 5 aliphatic rings. The number of fused-ring (bicyclic) bond motifs is 7. The first kappa shape index (κ1) is 25.7. The quantitative estimate of drug-likeness (QED) is 0.382. The monoisotopic (exact) mass is 488 g/mol. The summed E-state index contributed by atoms with van der Waals surface area (Å²) in [6, 6.07) is 0. The van der Waals surface area contributed by atoms with Crippen LogP contribution in [0.5, 0.6) is 0 Å². The van der Waals surface area contributed by atoms with Gasteiger partial charge in [-0.25, -0.2) is 0 Å². The second-order valence-corrected chi connectivity index (χ2v) is 14.9. The number of carboxylic acids is 1. The van der Waals surface area contributed by atoms with Crippen LogP contribution in [-0.2, 0) is 4.79 Å². The van der Waals surface area contributed by atoms with Crippen LogP contribution in [0.15, 0.2) is 11.6 Å². The first-order valence-electron chi connectivity index (χ1n) is 14.0. The van der Waals surface area contributed by atoms with Crippen LogP contribution >= 0.6 is 0 Å². The lowest BCUT2D eigenvalue weighted by Crippen LogP contribution is -2.68. The Balaban J connectivity index is 1.65. The van der Waals surface area contributed by atoms with E-state index in [4.69, 9.17) is 0 Å². The lowest BCUT2D eigenvalue weighted by molar-refractivity contribution is -0.237. The third-order valence-corrected chi connectivity index (χ3v) is 13.4. The highest BCUT2D eigenvalue weighted by atomic mass is 16.4. The minimum Gasteiger partial charge on any atom is -0.481 e. The molecular weight excluding hydrogens is 440 g/mol. The van der Waals surface area contributed by atoms with Gasteiger partial charge in [0.1, 0.15) is 0 Å². The molecule has 0 saturated heterocycles. The van der Waals surface area contributed by atoms with Gasteiger partial charge >= 0.3 is 5.97 Å². The standard InChI is InChI=1S/C30H48O5/c1-17-10-13-30(24(33)34)15-14-27(5)18(22(30)29(17,7)35)8-9-21-26(4)16-19(31)23(32)25(2,3)20(26)11-12-28(21,27)6/h8,17,19-23,31-32,35H,9-16H2,1-7H3,(H,33,34)/t17-,19-,20-,21-,22+,23+,26+,27-,28-,29-,30+/m1/s1. The van der Waals surface area contributed by atoms with Crippen LogP contribution < -0.4 is 0 Å². The Kier molecular flexibility index (Phi) is 5.40. The first-order chi connectivity index (χ1) is 16.0. The summed E-state index contributed by atoms with van der Waals surface area (Å²) in [5.74, 6) is -0.394. The van der Waals surface area contributed by atoms with Crippen LogP contribution in [0.4, 0.5) is 0 Å². The lowest BCUT2D eigenvalue weighted by Gasteiger charge is -2.72. The van der Waals surface area contributed by atoms with Crippen molar-refractivity contribution in [3.05, 3.63) is 11.6 Å². The van der Waals surface area contributed by atoms with Crippen molar-refractivity contribution in [3.63, 3.8) is 0 Å². The molecular formula is C30H48O5. The van der Waals surface area contributed by atoms with E-state index in [1.165, 1.54) is 5.57 Å². The highest BCUT2D eigenvalue weighted by Gasteiger charge is 2.71. The number of carboxylic acid groups (broad SMARTS) is 1. The molecule has 0 aliphatic heterocycles. The summed E-state index contributed by atoms with van der Waals surface area (Å²) >= 11 is 0. The minimum atomic E-state index is -1.05. The van der Waals surface area contributed by atoms with Gasteiger partial charge in [-0.05, 0) is 97.7 Å². The molecule has 0 radical (unpaired) electrons. The van der Waals surface area contributed by atoms with Crippen LogP contribution in [0.1, 0.15) is 99.8 Å². The Morgan fingerprint density at radius 1 is 0.943 bits per heavy atom. The number of aliphatic carboxylic acids is 1. The topological polar surface area (TPSA) is 98.0 Å². The van der Waals surface area contributed by atoms with Gasteiger partial charge in [-0.2, -0.15) is 0 Å². The molecule has 4 fully saturated rings. The Labute approximate surface area is 211 Å². The second-order valence-electron chi connectivity index (χ2n) is 14.9. The van der Waals surface area contributed by atoms with Gasteiger partial charge in [0.05, 0.1) is 23.2 Å². The zero-order valence-corrected chi connectivity index (χ0v) is 22.9. The van der Waals surface area contributed by atoms with E-state index in [1.54, 1.807) is 0 Å². The van der Waals surface area contributed by atoms with Crippen molar-refractivity contribution in [3.8, 4) is 0 Å². The van der Waals surface area contributed by atoms with Gasteiger partial charge in [0, 0.05) is 5.92 Å². The number of hydrogen-bond acceptors (Lipinski definition) is 4. The predicted molar refractivity (Wildman–Crippen MR) is 135 cm³/mol. The maximum atomic E-state index is 12.8. The predicted octanol–water partition coefficient (Wildman–Crippen LogP) is 5.18. The summed E-state index contributed by atoms with van der Waals surface area (Å²) in [6.45, 7) is 15.3. The Morgan fingerprint density at radius 2 is 1.60 bits per heavy atom. The lowest BCUT2D eigenvalue weighted by atomic mass is 9.33. The van der Waals surface area contributed by atoms with Crippen LogP contribution in [0, 0.1) is 50.7 Å². The van der Waals surface area contributed by atoms with Crippen molar-refractivity contribution >= 4 is 5.97 Å². The molecule has 5 rings (SSSR count). The summed E-state index contributed by atoms with van der Waals surface area (Å²) in [6.07, 6.45) is 7.21. The molecule has 5 aliphatic carbocycles. The van der Waals surface area contributed by atoms with E-state index in [2.05, 4.69) is 47.6 Å². The average Bonchev–Trinajstić information content (AvgIpc) is 2.75. The smallest absolute Gasteiger partial charge is 0.310 e. The van der Waals surface area contributed by atoms with Crippen molar-refractivity contribution in [2.45, 2.75) is 118 Å². The fourth-order valence-corrected chi connectivity index (χ4v) is 11.0. The van der Waals surface area contributed by atoms with Crippen LogP contribution in [0.2, 0.25) is 0 Å². The van der Waals surface area contributed by atoms with Crippen molar-refractivity contribution in [1.29, 1.82) is 0 Å². The minimum absolute atomic E-state index is 0.0535. The molecule has 0 unspecified atom stereocenters. The van der Waals surface area contributed by atoms with Crippen LogP contribution in [0.25, 0.3) is 0 Å². The number of aliphatic hydroxyl groups is 3. The molecule has 0 spiro atoms. The fourth-order valence-electron chi connectivity index (χ4n) is 11.0. The molecule has 11 atom stereocenters. The van der Waals surface area contributed by atoms with Crippen LogP contribution in [0.3, 0.4) is 0 Å². The van der Waals surface area contributed by atoms with E-state index < -0.39 is 29.2 Å². The van der Waals surface area contributed by atoms with Gasteiger partial charge in [-0.1, -0.05) is 53.2 Å². The molecule has 0 heterocycles. The molecule has 0 amide bonds. The number of allylic oxidation sites excluding steroid dienone is 1. The Bertz CT molecular complexity index is 952. The van der Waals surface area contributed by atoms with Crippen molar-refractivity contribution in [2.24, 2.45) is 50.7 Å². The Hall–Kier alpha value is -0.910. The van der Waals surface area contributed by atoms with Gasteiger partial charge < -0.3 is 20.4 Å². The summed E-state index contributed by atoms with van der Waals surface area (Å²) < 4.78 is 0. The van der Waals surface area contributed by atoms with Crippen molar-refractivity contribution in [2.75, 3.05) is 0 Å². The SMILES string of the molecule is C[C@@H]1CC[C@]2(C(=O)O)CC[C@]3(C)C(=CC[C@@H]4[C@@]5(C)C[C@@H](O)[C@H](O)C(C)(C)[C@H]5CC[C@]43C)[C@H]2[C@]1(C)O. The molecule has 5 heteroatoms. The van der Waals surface area contributed by atoms with Gasteiger partial charge in [0.25, 0.3) is 0 Å². The van der Waals surface area contributed by atoms with E-state index in [9.17, 15) is 25.2 Å². The zero-order valence-electron chi connectivity index (χ0n) is 22.9.